The number of ether oxygens (including phenoxy) is 1. The fraction of sp³-hybridized carbons (Fsp3) is 0.0417. The second-order valence-electron chi connectivity index (χ2n) is 6.79. The highest BCUT2D eigenvalue weighted by molar-refractivity contribution is 6.41. The number of rotatable bonds is 5. The number of hydrogen-bond donors (Lipinski definition) is 1. The number of nitrogens with one attached hydrogen (secondary N) is 1. The van der Waals surface area contributed by atoms with Crippen LogP contribution in [0.5, 0.6) is 5.75 Å². The predicted octanol–water partition coefficient (Wildman–Crippen LogP) is 5.47. The molecule has 0 aromatic heterocycles. The summed E-state index contributed by atoms with van der Waals surface area (Å²) in [5, 5.41) is 3.45. The molecule has 0 heterocycles. The van der Waals surface area contributed by atoms with E-state index in [2.05, 4.69) is 5.32 Å². The smallest absolute Gasteiger partial charge is 0.262 e. The number of hydrogen-bond acceptors (Lipinski definition) is 4. The maximum Gasteiger partial charge on any atom is 0.262 e. The van der Waals surface area contributed by atoms with Crippen LogP contribution in [0, 0.1) is 0 Å². The minimum atomic E-state index is -0.379. The van der Waals surface area contributed by atoms with Crippen LogP contribution in [0.25, 0.3) is 6.08 Å². The molecule has 0 radical (unpaired) electrons. The number of anilines is 1. The number of halogens is 2. The maximum absolute atomic E-state index is 12.5. The highest BCUT2D eigenvalue weighted by Gasteiger charge is 2.32. The van der Waals surface area contributed by atoms with Gasteiger partial charge in [0.25, 0.3) is 5.91 Å². The van der Waals surface area contributed by atoms with Gasteiger partial charge in [0.1, 0.15) is 5.75 Å². The molecule has 0 bridgehead atoms. The van der Waals surface area contributed by atoms with Gasteiger partial charge in [0.15, 0.2) is 18.2 Å². The van der Waals surface area contributed by atoms with E-state index in [9.17, 15) is 14.4 Å². The Morgan fingerprint density at radius 1 is 0.903 bits per heavy atom. The number of fused-ring (bicyclic) bond motifs is 1. The number of carbonyl (C=O) groups is 3. The third-order valence-electron chi connectivity index (χ3n) is 4.67. The lowest BCUT2D eigenvalue weighted by Gasteiger charge is -2.09. The summed E-state index contributed by atoms with van der Waals surface area (Å²) < 4.78 is 5.49. The number of Topliss-reactive ketones (excluding diaryl/α,β-unsaturated/α-hetero) is 2. The summed E-state index contributed by atoms with van der Waals surface area (Å²) in [4.78, 5) is 37.0. The Balaban J connectivity index is 1.39. The Labute approximate surface area is 188 Å². The van der Waals surface area contributed by atoms with Crippen LogP contribution in [0.3, 0.4) is 0 Å². The molecule has 0 saturated carbocycles. The van der Waals surface area contributed by atoms with Crippen LogP contribution in [0.15, 0.2) is 72.3 Å². The first kappa shape index (κ1) is 20.8. The number of allylic oxidation sites excluding steroid dienone is 1. The molecule has 0 fully saturated rings. The number of carbonyl (C=O) groups excluding carboxylic acids is 3. The number of amides is 1. The third kappa shape index (κ3) is 4.53. The molecule has 5 nitrogen and oxygen atoms in total. The van der Waals surface area contributed by atoms with E-state index >= 15 is 0 Å². The lowest BCUT2D eigenvalue weighted by molar-refractivity contribution is -0.118. The molecule has 0 spiro atoms. The van der Waals surface area contributed by atoms with Crippen LogP contribution in [-0.2, 0) is 4.79 Å². The van der Waals surface area contributed by atoms with E-state index in [0.29, 0.717) is 38.2 Å². The summed E-state index contributed by atoms with van der Waals surface area (Å²) >= 11 is 11.9. The van der Waals surface area contributed by atoms with Crippen LogP contribution in [0.4, 0.5) is 5.69 Å². The van der Waals surface area contributed by atoms with Gasteiger partial charge in [0.2, 0.25) is 0 Å². The maximum atomic E-state index is 12.5. The van der Waals surface area contributed by atoms with Crippen molar-refractivity contribution >= 4 is 52.4 Å². The van der Waals surface area contributed by atoms with Crippen molar-refractivity contribution in [3.63, 3.8) is 0 Å². The summed E-state index contributed by atoms with van der Waals surface area (Å²) in [5.74, 6) is -0.473. The van der Waals surface area contributed by atoms with Crippen molar-refractivity contribution in [3.05, 3.63) is 99.0 Å². The fourth-order valence-electron chi connectivity index (χ4n) is 3.16. The van der Waals surface area contributed by atoms with Crippen LogP contribution >= 0.6 is 23.2 Å². The quantitative estimate of drug-likeness (QED) is 0.412. The van der Waals surface area contributed by atoms with Gasteiger partial charge in [-0.05, 0) is 42.0 Å². The van der Waals surface area contributed by atoms with Gasteiger partial charge in [-0.2, -0.15) is 0 Å². The average molecular weight is 452 g/mol. The SMILES string of the molecule is O=C(COc1ccc(C=C2C(=O)c3ccccc3C2=O)cc1)Nc1ccc(Cl)cc1Cl. The van der Waals surface area contributed by atoms with Gasteiger partial charge in [-0.1, -0.05) is 59.6 Å². The Bertz CT molecular complexity index is 1200. The molecule has 1 amide bonds. The van der Waals surface area contributed by atoms with Gasteiger partial charge in [-0.25, -0.2) is 0 Å². The summed E-state index contributed by atoms with van der Waals surface area (Å²) in [7, 11) is 0. The molecule has 1 aliphatic carbocycles. The second kappa shape index (κ2) is 8.76. The summed E-state index contributed by atoms with van der Waals surface area (Å²) in [5.41, 5.74) is 2.09. The molecule has 4 rings (SSSR count). The number of benzene rings is 3. The molecule has 1 N–H and O–H groups in total. The van der Waals surface area contributed by atoms with Crippen molar-refractivity contribution in [1.82, 2.24) is 0 Å². The lowest BCUT2D eigenvalue weighted by atomic mass is 10.1. The minimum Gasteiger partial charge on any atom is -0.484 e. The Hall–Kier alpha value is -3.41. The second-order valence-corrected chi connectivity index (χ2v) is 7.64. The van der Waals surface area contributed by atoms with E-state index < -0.39 is 0 Å². The van der Waals surface area contributed by atoms with Gasteiger partial charge in [0.05, 0.1) is 16.3 Å². The van der Waals surface area contributed by atoms with Crippen molar-refractivity contribution < 1.29 is 19.1 Å². The molecule has 3 aromatic rings. The molecule has 7 heteroatoms. The molecule has 0 unspecified atom stereocenters. The van der Waals surface area contributed by atoms with Gasteiger partial charge in [-0.15, -0.1) is 0 Å². The van der Waals surface area contributed by atoms with Crippen molar-refractivity contribution in [2.75, 3.05) is 11.9 Å². The van der Waals surface area contributed by atoms with E-state index in [1.165, 1.54) is 6.07 Å². The summed E-state index contributed by atoms with van der Waals surface area (Å²) in [6, 6.07) is 18.3. The molecule has 0 aliphatic heterocycles. The number of ketones is 2. The van der Waals surface area contributed by atoms with Crippen molar-refractivity contribution in [2.24, 2.45) is 0 Å². The van der Waals surface area contributed by atoms with E-state index in [-0.39, 0.29) is 29.7 Å². The van der Waals surface area contributed by atoms with E-state index in [1.54, 1.807) is 66.7 Å². The lowest BCUT2D eigenvalue weighted by Crippen LogP contribution is -2.20. The standard InChI is InChI=1S/C24H15Cl2NO4/c25-15-7-10-21(20(26)12-15)27-22(28)13-31-16-8-5-14(6-9-16)11-19-23(29)17-3-1-2-4-18(17)24(19)30/h1-12H,13H2,(H,27,28). The topological polar surface area (TPSA) is 72.5 Å². The van der Waals surface area contributed by atoms with Gasteiger partial charge >= 0.3 is 0 Å². The zero-order valence-electron chi connectivity index (χ0n) is 16.0. The minimum absolute atomic E-state index is 0.133. The first-order chi connectivity index (χ1) is 14.9. The van der Waals surface area contributed by atoms with E-state index in [4.69, 9.17) is 27.9 Å². The molecule has 154 valence electrons. The normalized spacial score (nSPS) is 12.5. The molecule has 3 aromatic carbocycles. The summed E-state index contributed by atoms with van der Waals surface area (Å²) in [6.45, 7) is -0.217. The highest BCUT2D eigenvalue weighted by atomic mass is 35.5. The van der Waals surface area contributed by atoms with Crippen LogP contribution in [-0.4, -0.2) is 24.1 Å². The van der Waals surface area contributed by atoms with Crippen LogP contribution in [0.1, 0.15) is 26.3 Å². The van der Waals surface area contributed by atoms with Crippen molar-refractivity contribution in [3.8, 4) is 5.75 Å². The van der Waals surface area contributed by atoms with Gasteiger partial charge in [0, 0.05) is 16.1 Å². The molecule has 0 saturated heterocycles. The van der Waals surface area contributed by atoms with Gasteiger partial charge in [-0.3, -0.25) is 14.4 Å². The predicted molar refractivity (Wildman–Crippen MR) is 120 cm³/mol. The molecule has 0 atom stereocenters. The van der Waals surface area contributed by atoms with Gasteiger partial charge < -0.3 is 10.1 Å². The van der Waals surface area contributed by atoms with E-state index in [1.807, 2.05) is 0 Å². The van der Waals surface area contributed by atoms with Crippen LogP contribution in [0.2, 0.25) is 10.0 Å². The molecule has 1 aliphatic rings. The van der Waals surface area contributed by atoms with Crippen LogP contribution < -0.4 is 10.1 Å². The highest BCUT2D eigenvalue weighted by Crippen LogP contribution is 2.28. The Morgan fingerprint density at radius 2 is 1.55 bits per heavy atom. The van der Waals surface area contributed by atoms with E-state index in [0.717, 1.165) is 0 Å². The largest absolute Gasteiger partial charge is 0.484 e. The van der Waals surface area contributed by atoms with Crippen molar-refractivity contribution in [2.45, 2.75) is 0 Å². The first-order valence-corrected chi connectivity index (χ1v) is 10.1. The zero-order chi connectivity index (χ0) is 22.0. The third-order valence-corrected chi connectivity index (χ3v) is 5.22. The zero-order valence-corrected chi connectivity index (χ0v) is 17.5. The summed E-state index contributed by atoms with van der Waals surface area (Å²) in [6.07, 6.45) is 1.56. The Morgan fingerprint density at radius 3 is 2.16 bits per heavy atom. The molecular formula is C24H15Cl2NO4. The average Bonchev–Trinajstić information content (AvgIpc) is 3.00. The molecular weight excluding hydrogens is 437 g/mol. The first-order valence-electron chi connectivity index (χ1n) is 9.30. The molecule has 31 heavy (non-hydrogen) atoms. The van der Waals surface area contributed by atoms with Crippen molar-refractivity contribution in [1.29, 1.82) is 0 Å². The monoisotopic (exact) mass is 451 g/mol. The fourth-order valence-corrected chi connectivity index (χ4v) is 3.61. The Kier molecular flexibility index (Phi) is 5.89.